The van der Waals surface area contributed by atoms with E-state index < -0.39 is 5.91 Å². The largest absolute Gasteiger partial charge is 0.355 e. The topological polar surface area (TPSA) is 67.5 Å². The fraction of sp³-hybridized carbons (Fsp3) is 0. The molecule has 1 aromatic heterocycles. The lowest BCUT2D eigenvalue weighted by molar-refractivity contribution is 0.0946. The summed E-state index contributed by atoms with van der Waals surface area (Å²) in [6, 6.07) is 14.1. The lowest BCUT2D eigenvalue weighted by atomic mass is 10.1. The molecule has 0 radical (unpaired) electrons. The van der Waals surface area contributed by atoms with Crippen LogP contribution in [-0.4, -0.2) is 17.3 Å². The van der Waals surface area contributed by atoms with Gasteiger partial charge < -0.3 is 4.52 Å². The third kappa shape index (κ3) is 3.85. The van der Waals surface area contributed by atoms with E-state index in [4.69, 9.17) is 16.1 Å². The zero-order valence-electron chi connectivity index (χ0n) is 12.2. The van der Waals surface area contributed by atoms with Crippen LogP contribution < -0.4 is 5.43 Å². The van der Waals surface area contributed by atoms with Crippen LogP contribution in [0.3, 0.4) is 0 Å². The Morgan fingerprint density at radius 1 is 1.17 bits per heavy atom. The molecule has 1 amide bonds. The van der Waals surface area contributed by atoms with E-state index >= 15 is 0 Å². The normalized spacial score (nSPS) is 10.9. The van der Waals surface area contributed by atoms with Crippen LogP contribution in [0.15, 0.2) is 64.2 Å². The van der Waals surface area contributed by atoms with Gasteiger partial charge in [0.1, 0.15) is 5.82 Å². The van der Waals surface area contributed by atoms with Crippen molar-refractivity contribution in [3.05, 3.63) is 76.7 Å². The number of halogens is 2. The minimum absolute atomic E-state index is 0.0937. The summed E-state index contributed by atoms with van der Waals surface area (Å²) in [5, 5.41) is 8.11. The van der Waals surface area contributed by atoms with E-state index in [0.29, 0.717) is 16.3 Å². The van der Waals surface area contributed by atoms with Crippen molar-refractivity contribution in [3.8, 4) is 11.3 Å². The number of amides is 1. The Morgan fingerprint density at radius 2 is 1.88 bits per heavy atom. The van der Waals surface area contributed by atoms with Gasteiger partial charge in [-0.3, -0.25) is 4.79 Å². The van der Waals surface area contributed by atoms with E-state index in [0.717, 1.165) is 5.56 Å². The van der Waals surface area contributed by atoms with Gasteiger partial charge in [-0.1, -0.05) is 28.9 Å². The highest BCUT2D eigenvalue weighted by Crippen LogP contribution is 2.22. The van der Waals surface area contributed by atoms with Crippen LogP contribution in [0.5, 0.6) is 0 Å². The molecule has 1 heterocycles. The number of hydrazone groups is 1. The first-order valence-corrected chi connectivity index (χ1v) is 7.31. The minimum Gasteiger partial charge on any atom is -0.355 e. The predicted molar refractivity (Wildman–Crippen MR) is 88.4 cm³/mol. The molecule has 0 bridgehead atoms. The molecular weight excluding hydrogens is 333 g/mol. The quantitative estimate of drug-likeness (QED) is 0.577. The lowest BCUT2D eigenvalue weighted by Crippen LogP contribution is -2.17. The van der Waals surface area contributed by atoms with Gasteiger partial charge in [-0.15, -0.1) is 0 Å². The number of carbonyl (C=O) groups is 1. The smallest absolute Gasteiger partial charge is 0.293 e. The molecule has 3 aromatic rings. The van der Waals surface area contributed by atoms with Crippen LogP contribution in [0, 0.1) is 5.82 Å². The van der Waals surface area contributed by atoms with Crippen LogP contribution >= 0.6 is 11.6 Å². The molecule has 2 aromatic carbocycles. The minimum atomic E-state index is -0.516. The number of hydrogen-bond acceptors (Lipinski definition) is 4. The van der Waals surface area contributed by atoms with E-state index in [1.165, 1.54) is 24.4 Å². The van der Waals surface area contributed by atoms with Crippen LogP contribution in [0.25, 0.3) is 11.3 Å². The molecule has 120 valence electrons. The molecule has 24 heavy (non-hydrogen) atoms. The molecule has 0 saturated carbocycles. The van der Waals surface area contributed by atoms with Crippen LogP contribution in [-0.2, 0) is 0 Å². The summed E-state index contributed by atoms with van der Waals surface area (Å²) in [4.78, 5) is 12.0. The Labute approximate surface area is 141 Å². The van der Waals surface area contributed by atoms with Crippen molar-refractivity contribution in [2.75, 3.05) is 0 Å². The zero-order valence-corrected chi connectivity index (χ0v) is 13.0. The molecule has 0 spiro atoms. The summed E-state index contributed by atoms with van der Waals surface area (Å²) in [7, 11) is 0. The van der Waals surface area contributed by atoms with E-state index in [-0.39, 0.29) is 11.5 Å². The molecule has 0 atom stereocenters. The maximum absolute atomic E-state index is 12.8. The molecule has 0 fully saturated rings. The molecule has 1 N–H and O–H groups in total. The van der Waals surface area contributed by atoms with Gasteiger partial charge in [-0.2, -0.15) is 5.10 Å². The van der Waals surface area contributed by atoms with Crippen LogP contribution in [0.1, 0.15) is 16.1 Å². The van der Waals surface area contributed by atoms with Crippen molar-refractivity contribution in [1.82, 2.24) is 10.6 Å². The van der Waals surface area contributed by atoms with Crippen molar-refractivity contribution in [3.63, 3.8) is 0 Å². The van der Waals surface area contributed by atoms with Gasteiger partial charge in [0.25, 0.3) is 5.91 Å². The molecule has 0 aliphatic carbocycles. The first-order valence-electron chi connectivity index (χ1n) is 6.93. The van der Waals surface area contributed by atoms with E-state index in [2.05, 4.69) is 15.7 Å². The molecule has 0 aliphatic heterocycles. The third-order valence-electron chi connectivity index (χ3n) is 3.12. The molecule has 7 heteroatoms. The van der Waals surface area contributed by atoms with Crippen molar-refractivity contribution in [2.24, 2.45) is 5.10 Å². The van der Waals surface area contributed by atoms with E-state index in [1.807, 2.05) is 0 Å². The second kappa shape index (κ2) is 7.06. The standard InChI is InChI=1S/C17H11ClFN3O2/c18-13-5-3-12(4-6-13)16-9-15(22-24-16)17(23)21-20-10-11-1-7-14(19)8-2-11/h1-10H,(H,21,23)/b20-10+. The maximum Gasteiger partial charge on any atom is 0.293 e. The van der Waals surface area contributed by atoms with Crippen LogP contribution in [0.2, 0.25) is 5.02 Å². The fourth-order valence-electron chi connectivity index (χ4n) is 1.90. The van der Waals surface area contributed by atoms with Crippen molar-refractivity contribution >= 4 is 23.7 Å². The summed E-state index contributed by atoms with van der Waals surface area (Å²) in [6.07, 6.45) is 1.40. The first-order chi connectivity index (χ1) is 11.6. The summed E-state index contributed by atoms with van der Waals surface area (Å²) in [5.74, 6) is -0.412. The van der Waals surface area contributed by atoms with Gasteiger partial charge in [0.2, 0.25) is 0 Å². The number of nitrogens with one attached hydrogen (secondary N) is 1. The summed E-state index contributed by atoms with van der Waals surface area (Å²) >= 11 is 5.82. The zero-order chi connectivity index (χ0) is 16.9. The van der Waals surface area contributed by atoms with Crippen LogP contribution in [0.4, 0.5) is 4.39 Å². The Balaban J connectivity index is 1.65. The van der Waals surface area contributed by atoms with Crippen molar-refractivity contribution in [1.29, 1.82) is 0 Å². The Hall–Kier alpha value is -2.99. The SMILES string of the molecule is O=C(N/N=C/c1ccc(F)cc1)c1cc(-c2ccc(Cl)cc2)on1. The second-order valence-electron chi connectivity index (χ2n) is 4.83. The van der Waals surface area contributed by atoms with Crippen molar-refractivity contribution < 1.29 is 13.7 Å². The molecule has 0 saturated heterocycles. The number of aromatic nitrogens is 1. The van der Waals surface area contributed by atoms with Gasteiger partial charge in [0, 0.05) is 16.7 Å². The number of carbonyl (C=O) groups excluding carboxylic acids is 1. The third-order valence-corrected chi connectivity index (χ3v) is 3.37. The first kappa shape index (κ1) is 15.9. The van der Waals surface area contributed by atoms with Gasteiger partial charge in [0.15, 0.2) is 11.5 Å². The molecule has 0 aliphatic rings. The predicted octanol–water partition coefficient (Wildman–Crippen LogP) is 3.90. The van der Waals surface area contributed by atoms with Gasteiger partial charge >= 0.3 is 0 Å². The molecule has 3 rings (SSSR count). The summed E-state index contributed by atoms with van der Waals surface area (Å²) in [5.41, 5.74) is 3.83. The molecule has 5 nitrogen and oxygen atoms in total. The van der Waals surface area contributed by atoms with Gasteiger partial charge in [-0.25, -0.2) is 9.82 Å². The monoisotopic (exact) mass is 343 g/mol. The van der Waals surface area contributed by atoms with Crippen molar-refractivity contribution in [2.45, 2.75) is 0 Å². The highest BCUT2D eigenvalue weighted by atomic mass is 35.5. The molecular formula is C17H11ClFN3O2. The number of benzene rings is 2. The second-order valence-corrected chi connectivity index (χ2v) is 5.27. The Morgan fingerprint density at radius 3 is 2.58 bits per heavy atom. The molecule has 0 unspecified atom stereocenters. The number of rotatable bonds is 4. The number of nitrogens with zero attached hydrogens (tertiary/aromatic N) is 2. The average molecular weight is 344 g/mol. The summed E-state index contributed by atoms with van der Waals surface area (Å²) < 4.78 is 17.9. The lowest BCUT2D eigenvalue weighted by Gasteiger charge is -1.95. The van der Waals surface area contributed by atoms with E-state index in [9.17, 15) is 9.18 Å². The summed E-state index contributed by atoms with van der Waals surface area (Å²) in [6.45, 7) is 0. The average Bonchev–Trinajstić information content (AvgIpc) is 3.07. The fourth-order valence-corrected chi connectivity index (χ4v) is 2.03. The highest BCUT2D eigenvalue weighted by molar-refractivity contribution is 6.30. The maximum atomic E-state index is 12.8. The van der Waals surface area contributed by atoms with E-state index in [1.54, 1.807) is 36.4 Å². The van der Waals surface area contributed by atoms with Gasteiger partial charge in [-0.05, 0) is 42.0 Å². The Bertz CT molecular complexity index is 874. The highest BCUT2D eigenvalue weighted by Gasteiger charge is 2.13. The number of hydrogen-bond donors (Lipinski definition) is 1. The van der Waals surface area contributed by atoms with Gasteiger partial charge in [0.05, 0.1) is 6.21 Å². The Kier molecular flexibility index (Phi) is 4.67.